The van der Waals surface area contributed by atoms with Gasteiger partial charge in [-0.25, -0.2) is 9.97 Å². The summed E-state index contributed by atoms with van der Waals surface area (Å²) in [6, 6.07) is 0.828. The number of nitrogens with zero attached hydrogens (tertiary/aromatic N) is 2. The molecular formula is C16H25N3. The Balaban J connectivity index is 1.57. The van der Waals surface area contributed by atoms with Crippen molar-refractivity contribution in [1.29, 1.82) is 0 Å². The molecule has 1 heterocycles. The summed E-state index contributed by atoms with van der Waals surface area (Å²) in [5, 5.41) is 3.66. The molecule has 0 aliphatic heterocycles. The minimum absolute atomic E-state index is 0.790. The van der Waals surface area contributed by atoms with Crippen LogP contribution in [-0.4, -0.2) is 22.6 Å². The summed E-state index contributed by atoms with van der Waals surface area (Å²) in [7, 11) is 0. The highest BCUT2D eigenvalue weighted by atomic mass is 14.9. The van der Waals surface area contributed by atoms with Crippen LogP contribution in [0.1, 0.15) is 56.1 Å². The van der Waals surface area contributed by atoms with E-state index in [1.807, 2.05) is 0 Å². The molecule has 19 heavy (non-hydrogen) atoms. The molecule has 1 aromatic heterocycles. The lowest BCUT2D eigenvalue weighted by Gasteiger charge is -2.24. The number of hydrogen-bond donors (Lipinski definition) is 1. The smallest absolute Gasteiger partial charge is 0.128 e. The van der Waals surface area contributed by atoms with E-state index in [9.17, 15) is 0 Å². The minimum atomic E-state index is 0.790. The number of aryl methyl sites for hydroxylation is 2. The van der Waals surface area contributed by atoms with E-state index in [0.29, 0.717) is 0 Å². The maximum atomic E-state index is 4.76. The zero-order valence-corrected chi connectivity index (χ0v) is 12.0. The van der Waals surface area contributed by atoms with Crippen molar-refractivity contribution in [3.63, 3.8) is 0 Å². The number of unbranched alkanes of at least 4 members (excludes halogenated alkanes) is 1. The van der Waals surface area contributed by atoms with Crippen molar-refractivity contribution in [3.05, 3.63) is 23.3 Å². The van der Waals surface area contributed by atoms with Gasteiger partial charge in [0.15, 0.2) is 0 Å². The molecule has 0 amide bonds. The predicted octanol–water partition coefficient (Wildman–Crippen LogP) is 2.68. The Bertz CT molecular complexity index is 426. The molecule has 1 atom stereocenters. The summed E-state index contributed by atoms with van der Waals surface area (Å²) in [5.41, 5.74) is 2.72. The first-order chi connectivity index (χ1) is 9.35. The molecule has 1 N–H and O–H groups in total. The lowest BCUT2D eigenvalue weighted by Crippen LogP contribution is -2.29. The molecule has 3 nitrogen and oxygen atoms in total. The highest BCUT2D eigenvalue weighted by Gasteiger charge is 2.24. The number of fused-ring (bicyclic) bond motifs is 1. The SMILES string of the molecule is CCCCc1ncc2c(n1)CCC(CNC1CC1)C2. The van der Waals surface area contributed by atoms with Gasteiger partial charge in [-0.3, -0.25) is 0 Å². The molecule has 1 aromatic rings. The first-order valence-corrected chi connectivity index (χ1v) is 7.92. The standard InChI is InChI=1S/C16H25N3/c1-2-3-4-16-18-11-13-9-12(5-8-15(13)19-16)10-17-14-6-7-14/h11-12,14,17H,2-10H2,1H3. The minimum Gasteiger partial charge on any atom is -0.314 e. The fraction of sp³-hybridized carbons (Fsp3) is 0.750. The maximum absolute atomic E-state index is 4.76. The quantitative estimate of drug-likeness (QED) is 0.853. The molecule has 0 radical (unpaired) electrons. The normalized spacial score (nSPS) is 22.3. The van der Waals surface area contributed by atoms with Crippen LogP contribution in [0, 0.1) is 5.92 Å². The molecule has 2 aliphatic carbocycles. The van der Waals surface area contributed by atoms with E-state index in [4.69, 9.17) is 4.98 Å². The molecule has 3 rings (SSSR count). The lowest BCUT2D eigenvalue weighted by molar-refractivity contribution is 0.417. The van der Waals surface area contributed by atoms with Crippen LogP contribution in [0.4, 0.5) is 0 Å². The summed E-state index contributed by atoms with van der Waals surface area (Å²) in [6.07, 6.45) is 11.9. The Kier molecular flexibility index (Phi) is 4.12. The van der Waals surface area contributed by atoms with Gasteiger partial charge in [-0.05, 0) is 56.6 Å². The van der Waals surface area contributed by atoms with Crippen molar-refractivity contribution < 1.29 is 0 Å². The Hall–Kier alpha value is -0.960. The molecule has 2 aliphatic rings. The molecule has 0 aromatic carbocycles. The number of aromatic nitrogens is 2. The van der Waals surface area contributed by atoms with Crippen LogP contribution in [0.25, 0.3) is 0 Å². The van der Waals surface area contributed by atoms with Gasteiger partial charge in [0.05, 0.1) is 0 Å². The third-order valence-corrected chi connectivity index (χ3v) is 4.33. The second kappa shape index (κ2) is 6.00. The zero-order valence-electron chi connectivity index (χ0n) is 12.0. The Morgan fingerprint density at radius 1 is 1.32 bits per heavy atom. The molecular weight excluding hydrogens is 234 g/mol. The van der Waals surface area contributed by atoms with Crippen molar-refractivity contribution in [2.45, 2.75) is 64.3 Å². The van der Waals surface area contributed by atoms with E-state index in [-0.39, 0.29) is 0 Å². The van der Waals surface area contributed by atoms with E-state index >= 15 is 0 Å². The van der Waals surface area contributed by atoms with Crippen LogP contribution < -0.4 is 5.32 Å². The average molecular weight is 259 g/mol. The van der Waals surface area contributed by atoms with Gasteiger partial charge in [0, 0.05) is 24.4 Å². The summed E-state index contributed by atoms with van der Waals surface area (Å²) in [6.45, 7) is 3.40. The molecule has 3 heteroatoms. The van der Waals surface area contributed by atoms with Gasteiger partial charge in [-0.2, -0.15) is 0 Å². The average Bonchev–Trinajstić information content (AvgIpc) is 3.26. The zero-order chi connectivity index (χ0) is 13.1. The van der Waals surface area contributed by atoms with Gasteiger partial charge in [0.25, 0.3) is 0 Å². The molecule has 1 unspecified atom stereocenters. The molecule has 0 saturated heterocycles. The highest BCUT2D eigenvalue weighted by molar-refractivity contribution is 5.21. The van der Waals surface area contributed by atoms with Crippen LogP contribution >= 0.6 is 0 Å². The second-order valence-electron chi connectivity index (χ2n) is 6.15. The van der Waals surface area contributed by atoms with Crippen molar-refractivity contribution in [2.75, 3.05) is 6.54 Å². The van der Waals surface area contributed by atoms with Crippen LogP contribution in [-0.2, 0) is 19.3 Å². The van der Waals surface area contributed by atoms with Gasteiger partial charge >= 0.3 is 0 Å². The molecule has 1 saturated carbocycles. The molecule has 104 valence electrons. The Labute approximate surface area is 116 Å². The second-order valence-corrected chi connectivity index (χ2v) is 6.15. The largest absolute Gasteiger partial charge is 0.314 e. The van der Waals surface area contributed by atoms with E-state index in [1.54, 1.807) is 0 Å². The monoisotopic (exact) mass is 259 g/mol. The third kappa shape index (κ3) is 3.53. The highest BCUT2D eigenvalue weighted by Crippen LogP contribution is 2.25. The number of rotatable bonds is 6. The van der Waals surface area contributed by atoms with Crippen LogP contribution in [0.5, 0.6) is 0 Å². The van der Waals surface area contributed by atoms with E-state index in [1.165, 1.54) is 56.3 Å². The van der Waals surface area contributed by atoms with Crippen LogP contribution in [0.3, 0.4) is 0 Å². The van der Waals surface area contributed by atoms with Gasteiger partial charge in [-0.15, -0.1) is 0 Å². The Morgan fingerprint density at radius 3 is 3.00 bits per heavy atom. The fourth-order valence-electron chi connectivity index (χ4n) is 2.87. The van der Waals surface area contributed by atoms with Gasteiger partial charge < -0.3 is 5.32 Å². The Morgan fingerprint density at radius 2 is 2.21 bits per heavy atom. The van der Waals surface area contributed by atoms with Crippen molar-refractivity contribution in [3.8, 4) is 0 Å². The van der Waals surface area contributed by atoms with E-state index in [2.05, 4.69) is 23.4 Å². The van der Waals surface area contributed by atoms with Crippen molar-refractivity contribution in [1.82, 2.24) is 15.3 Å². The first-order valence-electron chi connectivity index (χ1n) is 7.92. The van der Waals surface area contributed by atoms with Crippen molar-refractivity contribution in [2.24, 2.45) is 5.92 Å². The summed E-state index contributed by atoms with van der Waals surface area (Å²) in [4.78, 5) is 9.30. The fourth-order valence-corrected chi connectivity index (χ4v) is 2.87. The van der Waals surface area contributed by atoms with Crippen molar-refractivity contribution >= 4 is 0 Å². The number of hydrogen-bond acceptors (Lipinski definition) is 3. The van der Waals surface area contributed by atoms with E-state index < -0.39 is 0 Å². The summed E-state index contributed by atoms with van der Waals surface area (Å²) >= 11 is 0. The molecule has 0 spiro atoms. The third-order valence-electron chi connectivity index (χ3n) is 4.33. The van der Waals surface area contributed by atoms with Gasteiger partial charge in [0.1, 0.15) is 5.82 Å². The number of nitrogens with one attached hydrogen (secondary N) is 1. The molecule has 0 bridgehead atoms. The van der Waals surface area contributed by atoms with Crippen LogP contribution in [0.15, 0.2) is 6.20 Å². The lowest BCUT2D eigenvalue weighted by atomic mass is 9.87. The van der Waals surface area contributed by atoms with Gasteiger partial charge in [-0.1, -0.05) is 13.3 Å². The first kappa shape index (κ1) is 13.0. The van der Waals surface area contributed by atoms with Crippen LogP contribution in [0.2, 0.25) is 0 Å². The topological polar surface area (TPSA) is 37.8 Å². The van der Waals surface area contributed by atoms with E-state index in [0.717, 1.165) is 30.6 Å². The summed E-state index contributed by atoms with van der Waals surface area (Å²) in [5.74, 6) is 1.84. The molecule has 1 fully saturated rings. The predicted molar refractivity (Wildman–Crippen MR) is 77.2 cm³/mol. The van der Waals surface area contributed by atoms with Gasteiger partial charge in [0.2, 0.25) is 0 Å². The maximum Gasteiger partial charge on any atom is 0.128 e. The summed E-state index contributed by atoms with van der Waals surface area (Å²) < 4.78 is 0.